The summed E-state index contributed by atoms with van der Waals surface area (Å²) in [6.45, 7) is 7.12. The summed E-state index contributed by atoms with van der Waals surface area (Å²) < 4.78 is 2.33. The lowest BCUT2D eigenvalue weighted by atomic mass is 9.85. The number of aliphatic imine (C=N–C) groups is 1. The van der Waals surface area contributed by atoms with Crippen molar-refractivity contribution in [2.24, 2.45) is 10.9 Å². The molecule has 6 nitrogen and oxygen atoms in total. The number of hydrogen-bond acceptors (Lipinski definition) is 3. The zero-order chi connectivity index (χ0) is 19.6. The Kier molecular flexibility index (Phi) is 8.62. The summed E-state index contributed by atoms with van der Waals surface area (Å²) in [5.74, 6) is 4.15. The number of nitrogens with one attached hydrogen (secondary N) is 2. The Morgan fingerprint density at radius 3 is 2.79 bits per heavy atom. The number of guanidine groups is 1. The molecule has 0 amide bonds. The molecule has 1 saturated carbocycles. The third-order valence-electron chi connectivity index (χ3n) is 6.25. The molecule has 28 heavy (non-hydrogen) atoms. The van der Waals surface area contributed by atoms with Gasteiger partial charge in [0, 0.05) is 38.5 Å². The van der Waals surface area contributed by atoms with Crippen LogP contribution in [0.1, 0.15) is 89.7 Å². The van der Waals surface area contributed by atoms with Gasteiger partial charge in [0.05, 0.1) is 0 Å². The lowest BCUT2D eigenvalue weighted by Gasteiger charge is -2.24. The van der Waals surface area contributed by atoms with Crippen molar-refractivity contribution in [1.82, 2.24) is 25.4 Å². The Balaban J connectivity index is 1.46. The largest absolute Gasteiger partial charge is 0.357 e. The topological polar surface area (TPSA) is 67.1 Å². The maximum Gasteiger partial charge on any atom is 0.191 e. The molecule has 0 spiro atoms. The molecule has 0 bridgehead atoms. The highest BCUT2D eigenvalue weighted by Crippen LogP contribution is 2.27. The first-order valence-electron chi connectivity index (χ1n) is 11.7. The van der Waals surface area contributed by atoms with Gasteiger partial charge >= 0.3 is 0 Å². The fraction of sp³-hybridized carbons (Fsp3) is 0.864. The smallest absolute Gasteiger partial charge is 0.191 e. The van der Waals surface area contributed by atoms with Crippen molar-refractivity contribution >= 4 is 5.96 Å². The normalized spacial score (nSPS) is 19.7. The van der Waals surface area contributed by atoms with Gasteiger partial charge < -0.3 is 15.2 Å². The van der Waals surface area contributed by atoms with Crippen LogP contribution in [-0.2, 0) is 19.4 Å². The standard InChI is InChI=1S/C22H40N6/c1-3-23-22(25-18(2)13-14-19-10-6-4-7-11-19)24-16-15-21-27-26-20-12-8-5-9-17-28(20)21/h18-19H,3-17H2,1-2H3,(H2,23,24,25). The van der Waals surface area contributed by atoms with Crippen LogP contribution in [0, 0.1) is 5.92 Å². The summed E-state index contributed by atoms with van der Waals surface area (Å²) in [4.78, 5) is 4.81. The molecule has 1 fully saturated rings. The molecule has 6 heteroatoms. The fourth-order valence-corrected chi connectivity index (χ4v) is 4.59. The van der Waals surface area contributed by atoms with Crippen LogP contribution in [0.25, 0.3) is 0 Å². The highest BCUT2D eigenvalue weighted by atomic mass is 15.3. The van der Waals surface area contributed by atoms with E-state index in [0.29, 0.717) is 6.04 Å². The van der Waals surface area contributed by atoms with Gasteiger partial charge in [-0.05, 0) is 45.4 Å². The molecule has 2 heterocycles. The van der Waals surface area contributed by atoms with E-state index in [4.69, 9.17) is 4.99 Å². The summed E-state index contributed by atoms with van der Waals surface area (Å²) in [6.07, 6.45) is 15.5. The van der Waals surface area contributed by atoms with Gasteiger partial charge in [-0.3, -0.25) is 4.99 Å². The van der Waals surface area contributed by atoms with Gasteiger partial charge in [0.2, 0.25) is 0 Å². The molecule has 1 aliphatic heterocycles. The minimum absolute atomic E-state index is 0.462. The van der Waals surface area contributed by atoms with Gasteiger partial charge in [0.15, 0.2) is 5.96 Å². The second-order valence-electron chi connectivity index (χ2n) is 8.63. The SMILES string of the molecule is CCNC(=NCCc1nnc2n1CCCCC2)NC(C)CCC1CCCCC1. The second-order valence-corrected chi connectivity index (χ2v) is 8.63. The first-order valence-corrected chi connectivity index (χ1v) is 11.7. The van der Waals surface area contributed by atoms with Crippen molar-refractivity contribution in [3.05, 3.63) is 11.6 Å². The Bertz CT molecular complexity index is 602. The summed E-state index contributed by atoms with van der Waals surface area (Å²) in [5, 5.41) is 15.8. The molecule has 1 aromatic rings. The Morgan fingerprint density at radius 2 is 1.96 bits per heavy atom. The number of hydrogen-bond donors (Lipinski definition) is 2. The van der Waals surface area contributed by atoms with Crippen molar-refractivity contribution < 1.29 is 0 Å². The van der Waals surface area contributed by atoms with Crippen molar-refractivity contribution in [1.29, 1.82) is 0 Å². The van der Waals surface area contributed by atoms with E-state index in [-0.39, 0.29) is 0 Å². The average Bonchev–Trinajstić information content (AvgIpc) is 2.94. The third-order valence-corrected chi connectivity index (χ3v) is 6.25. The predicted molar refractivity (Wildman–Crippen MR) is 116 cm³/mol. The maximum absolute atomic E-state index is 4.81. The molecule has 2 N–H and O–H groups in total. The van der Waals surface area contributed by atoms with Gasteiger partial charge in [0.1, 0.15) is 11.6 Å². The molecule has 1 aromatic heterocycles. The minimum Gasteiger partial charge on any atom is -0.357 e. The molecule has 3 rings (SSSR count). The molecule has 0 saturated heterocycles. The van der Waals surface area contributed by atoms with E-state index in [1.54, 1.807) is 0 Å². The van der Waals surface area contributed by atoms with Crippen LogP contribution in [-0.4, -0.2) is 39.9 Å². The molecule has 0 aromatic carbocycles. The van der Waals surface area contributed by atoms with Gasteiger partial charge in [-0.2, -0.15) is 0 Å². The van der Waals surface area contributed by atoms with E-state index in [1.807, 2.05) is 0 Å². The number of nitrogens with zero attached hydrogens (tertiary/aromatic N) is 4. The maximum atomic E-state index is 4.81. The van der Waals surface area contributed by atoms with E-state index in [1.165, 1.54) is 64.2 Å². The molecular formula is C22H40N6. The number of aryl methyl sites for hydroxylation is 1. The summed E-state index contributed by atoms with van der Waals surface area (Å²) >= 11 is 0. The third kappa shape index (κ3) is 6.49. The Hall–Kier alpha value is -1.59. The van der Waals surface area contributed by atoms with Crippen molar-refractivity contribution in [3.63, 3.8) is 0 Å². The van der Waals surface area contributed by atoms with Gasteiger partial charge in [0.25, 0.3) is 0 Å². The van der Waals surface area contributed by atoms with Crippen molar-refractivity contribution in [2.75, 3.05) is 13.1 Å². The van der Waals surface area contributed by atoms with Crippen LogP contribution in [0.2, 0.25) is 0 Å². The van der Waals surface area contributed by atoms with E-state index < -0.39 is 0 Å². The second kappa shape index (κ2) is 11.4. The Morgan fingerprint density at radius 1 is 1.14 bits per heavy atom. The lowest BCUT2D eigenvalue weighted by Crippen LogP contribution is -2.42. The summed E-state index contributed by atoms with van der Waals surface area (Å²) in [6, 6.07) is 0.462. The Labute approximate surface area is 171 Å². The molecule has 1 unspecified atom stereocenters. The molecule has 0 radical (unpaired) electrons. The predicted octanol–water partition coefficient (Wildman–Crippen LogP) is 3.85. The zero-order valence-electron chi connectivity index (χ0n) is 18.1. The highest BCUT2D eigenvalue weighted by molar-refractivity contribution is 5.80. The van der Waals surface area contributed by atoms with Gasteiger partial charge in [-0.15, -0.1) is 10.2 Å². The average molecular weight is 389 g/mol. The fourth-order valence-electron chi connectivity index (χ4n) is 4.59. The molecule has 1 aliphatic carbocycles. The van der Waals surface area contributed by atoms with Crippen molar-refractivity contribution in [2.45, 2.75) is 103 Å². The van der Waals surface area contributed by atoms with E-state index in [2.05, 4.69) is 39.2 Å². The van der Waals surface area contributed by atoms with E-state index >= 15 is 0 Å². The quantitative estimate of drug-likeness (QED) is 0.524. The first kappa shape index (κ1) is 21.1. The van der Waals surface area contributed by atoms with Crippen LogP contribution in [0.5, 0.6) is 0 Å². The van der Waals surface area contributed by atoms with Crippen LogP contribution in [0.4, 0.5) is 0 Å². The number of rotatable bonds is 8. The van der Waals surface area contributed by atoms with Gasteiger partial charge in [-0.25, -0.2) is 0 Å². The molecule has 2 aliphatic rings. The van der Waals surface area contributed by atoms with Crippen LogP contribution in [0.15, 0.2) is 4.99 Å². The van der Waals surface area contributed by atoms with E-state index in [9.17, 15) is 0 Å². The van der Waals surface area contributed by atoms with Crippen LogP contribution >= 0.6 is 0 Å². The van der Waals surface area contributed by atoms with E-state index in [0.717, 1.165) is 56.0 Å². The number of fused-ring (bicyclic) bond motifs is 1. The molecule has 158 valence electrons. The summed E-state index contributed by atoms with van der Waals surface area (Å²) in [7, 11) is 0. The molecule has 1 atom stereocenters. The highest BCUT2D eigenvalue weighted by Gasteiger charge is 2.16. The first-order chi connectivity index (χ1) is 13.8. The van der Waals surface area contributed by atoms with Crippen LogP contribution in [0.3, 0.4) is 0 Å². The monoisotopic (exact) mass is 388 g/mol. The van der Waals surface area contributed by atoms with Gasteiger partial charge in [-0.1, -0.05) is 38.5 Å². The number of aromatic nitrogens is 3. The summed E-state index contributed by atoms with van der Waals surface area (Å²) in [5.41, 5.74) is 0. The zero-order valence-corrected chi connectivity index (χ0v) is 18.1. The molecular weight excluding hydrogens is 348 g/mol. The van der Waals surface area contributed by atoms with Crippen molar-refractivity contribution in [3.8, 4) is 0 Å². The minimum atomic E-state index is 0.462. The van der Waals surface area contributed by atoms with Crippen LogP contribution < -0.4 is 10.6 Å². The lowest BCUT2D eigenvalue weighted by molar-refractivity contribution is 0.322.